The molecule has 1 amide bonds. The van der Waals surface area contributed by atoms with Crippen molar-refractivity contribution in [1.29, 1.82) is 0 Å². The highest BCUT2D eigenvalue weighted by Gasteiger charge is 2.14. The number of amides is 1. The van der Waals surface area contributed by atoms with E-state index in [4.69, 9.17) is 9.47 Å². The Labute approximate surface area is 167 Å². The fourth-order valence-corrected chi connectivity index (χ4v) is 2.87. The molecule has 146 valence electrons. The molecular formula is C22H19N3O4. The van der Waals surface area contributed by atoms with Crippen molar-refractivity contribution in [2.24, 2.45) is 0 Å². The fourth-order valence-electron chi connectivity index (χ4n) is 2.87. The molecule has 2 aromatic carbocycles. The van der Waals surface area contributed by atoms with Crippen LogP contribution in [0.5, 0.6) is 11.5 Å². The van der Waals surface area contributed by atoms with Gasteiger partial charge in [0.2, 0.25) is 0 Å². The van der Waals surface area contributed by atoms with Gasteiger partial charge in [0.15, 0.2) is 17.3 Å². The third-order valence-corrected chi connectivity index (χ3v) is 4.38. The van der Waals surface area contributed by atoms with Crippen molar-refractivity contribution < 1.29 is 19.1 Å². The SMILES string of the molecule is CC(=O)c1ccc(Nc2ccc(C(=O)Nc3ccc4c(c3)OCCO4)nc2)cc1. The van der Waals surface area contributed by atoms with Crippen molar-refractivity contribution in [1.82, 2.24) is 4.98 Å². The third-order valence-electron chi connectivity index (χ3n) is 4.38. The molecule has 0 unspecified atom stereocenters. The maximum atomic E-state index is 12.5. The number of hydrogen-bond donors (Lipinski definition) is 2. The van der Waals surface area contributed by atoms with Crippen LogP contribution in [0.25, 0.3) is 0 Å². The molecule has 0 bridgehead atoms. The fraction of sp³-hybridized carbons (Fsp3) is 0.136. The molecule has 29 heavy (non-hydrogen) atoms. The van der Waals surface area contributed by atoms with Gasteiger partial charge in [0.05, 0.1) is 11.9 Å². The van der Waals surface area contributed by atoms with Gasteiger partial charge in [0.1, 0.15) is 18.9 Å². The number of ether oxygens (including phenoxy) is 2. The molecule has 1 aliphatic rings. The topological polar surface area (TPSA) is 89.6 Å². The van der Waals surface area contributed by atoms with E-state index in [0.29, 0.717) is 36.0 Å². The van der Waals surface area contributed by atoms with Gasteiger partial charge in [-0.15, -0.1) is 0 Å². The Morgan fingerprint density at radius 2 is 1.55 bits per heavy atom. The Hall–Kier alpha value is -3.87. The zero-order chi connectivity index (χ0) is 20.2. The summed E-state index contributed by atoms with van der Waals surface area (Å²) in [6.07, 6.45) is 1.58. The molecule has 0 radical (unpaired) electrons. The number of aromatic nitrogens is 1. The molecule has 2 N–H and O–H groups in total. The molecule has 3 aromatic rings. The van der Waals surface area contributed by atoms with Crippen LogP contribution in [0.3, 0.4) is 0 Å². The van der Waals surface area contributed by atoms with E-state index in [2.05, 4.69) is 15.6 Å². The minimum Gasteiger partial charge on any atom is -0.486 e. The molecule has 1 aromatic heterocycles. The Balaban J connectivity index is 1.40. The first-order valence-corrected chi connectivity index (χ1v) is 9.13. The summed E-state index contributed by atoms with van der Waals surface area (Å²) in [4.78, 5) is 28.0. The third kappa shape index (κ3) is 4.35. The van der Waals surface area contributed by atoms with E-state index >= 15 is 0 Å². The Morgan fingerprint density at radius 3 is 2.24 bits per heavy atom. The first-order chi connectivity index (χ1) is 14.1. The number of ketones is 1. The van der Waals surface area contributed by atoms with Crippen LogP contribution < -0.4 is 20.1 Å². The van der Waals surface area contributed by atoms with Crippen molar-refractivity contribution in [3.63, 3.8) is 0 Å². The summed E-state index contributed by atoms with van der Waals surface area (Å²) in [5.74, 6) is 0.974. The number of nitrogens with one attached hydrogen (secondary N) is 2. The number of Topliss-reactive ketones (excluding diaryl/α,β-unsaturated/α-hetero) is 1. The van der Waals surface area contributed by atoms with Gasteiger partial charge in [-0.1, -0.05) is 0 Å². The Bertz CT molecular complexity index is 1050. The van der Waals surface area contributed by atoms with E-state index in [1.54, 1.807) is 48.7 Å². The molecule has 7 nitrogen and oxygen atoms in total. The summed E-state index contributed by atoms with van der Waals surface area (Å²) < 4.78 is 11.0. The number of pyridine rings is 1. The molecule has 0 saturated heterocycles. The average Bonchev–Trinajstić information content (AvgIpc) is 2.74. The van der Waals surface area contributed by atoms with E-state index in [0.717, 1.165) is 11.4 Å². The average molecular weight is 389 g/mol. The smallest absolute Gasteiger partial charge is 0.274 e. The lowest BCUT2D eigenvalue weighted by molar-refractivity contribution is 0.101. The highest BCUT2D eigenvalue weighted by atomic mass is 16.6. The van der Waals surface area contributed by atoms with Crippen LogP contribution >= 0.6 is 0 Å². The molecular weight excluding hydrogens is 370 g/mol. The van der Waals surface area contributed by atoms with Crippen LogP contribution in [0.15, 0.2) is 60.8 Å². The van der Waals surface area contributed by atoms with Crippen molar-refractivity contribution in [3.05, 3.63) is 72.1 Å². The first kappa shape index (κ1) is 18.5. The summed E-state index contributed by atoms with van der Waals surface area (Å²) in [5.41, 5.74) is 3.10. The number of rotatable bonds is 5. The van der Waals surface area contributed by atoms with Gasteiger partial charge in [-0.05, 0) is 55.5 Å². The van der Waals surface area contributed by atoms with Crippen LogP contribution in [-0.4, -0.2) is 29.9 Å². The lowest BCUT2D eigenvalue weighted by Crippen LogP contribution is -2.17. The second-order valence-electron chi connectivity index (χ2n) is 6.50. The van der Waals surface area contributed by atoms with Crippen molar-refractivity contribution in [3.8, 4) is 11.5 Å². The summed E-state index contributed by atoms with van der Waals surface area (Å²) in [5, 5.41) is 5.99. The second kappa shape index (κ2) is 8.02. The van der Waals surface area contributed by atoms with E-state index in [1.807, 2.05) is 12.1 Å². The largest absolute Gasteiger partial charge is 0.486 e. The number of carbonyl (C=O) groups excluding carboxylic acids is 2. The van der Waals surface area contributed by atoms with Crippen molar-refractivity contribution >= 4 is 28.8 Å². The Kier molecular flexibility index (Phi) is 5.11. The normalized spacial score (nSPS) is 12.2. The summed E-state index contributed by atoms with van der Waals surface area (Å²) in [6.45, 7) is 2.53. The molecule has 0 atom stereocenters. The molecule has 0 fully saturated rings. The predicted molar refractivity (Wildman–Crippen MR) is 109 cm³/mol. The monoisotopic (exact) mass is 389 g/mol. The minimum atomic E-state index is -0.320. The highest BCUT2D eigenvalue weighted by Crippen LogP contribution is 2.32. The number of nitrogens with zero attached hydrogens (tertiary/aromatic N) is 1. The molecule has 0 spiro atoms. The van der Waals surface area contributed by atoms with Gasteiger partial charge >= 0.3 is 0 Å². The molecule has 0 aliphatic carbocycles. The first-order valence-electron chi connectivity index (χ1n) is 9.13. The lowest BCUT2D eigenvalue weighted by Gasteiger charge is -2.19. The standard InChI is InChI=1S/C22H19N3O4/c1-14(26)15-2-4-16(5-3-15)24-18-6-8-19(23-13-18)22(27)25-17-7-9-20-21(12-17)29-11-10-28-20/h2-9,12-13,24H,10-11H2,1H3,(H,25,27). The van der Waals surface area contributed by atoms with Crippen LogP contribution in [0, 0.1) is 0 Å². The molecule has 2 heterocycles. The van der Waals surface area contributed by atoms with Gasteiger partial charge in [0.25, 0.3) is 5.91 Å². The van der Waals surface area contributed by atoms with Crippen molar-refractivity contribution in [2.45, 2.75) is 6.92 Å². The highest BCUT2D eigenvalue weighted by molar-refractivity contribution is 6.03. The van der Waals surface area contributed by atoms with Gasteiger partial charge in [-0.2, -0.15) is 0 Å². The van der Waals surface area contributed by atoms with Crippen LogP contribution in [0.1, 0.15) is 27.8 Å². The zero-order valence-corrected chi connectivity index (χ0v) is 15.8. The molecule has 1 aliphatic heterocycles. The second-order valence-corrected chi connectivity index (χ2v) is 6.50. The van der Waals surface area contributed by atoms with Crippen LogP contribution in [0.2, 0.25) is 0 Å². The van der Waals surface area contributed by atoms with Gasteiger partial charge < -0.3 is 20.1 Å². The van der Waals surface area contributed by atoms with Gasteiger partial charge in [-0.3, -0.25) is 9.59 Å². The molecule has 7 heteroatoms. The maximum absolute atomic E-state index is 12.5. The summed E-state index contributed by atoms with van der Waals surface area (Å²) in [6, 6.07) is 15.8. The molecule has 0 saturated carbocycles. The van der Waals surface area contributed by atoms with Gasteiger partial charge in [-0.25, -0.2) is 4.98 Å². The predicted octanol–water partition coefficient (Wildman–Crippen LogP) is 4.05. The summed E-state index contributed by atoms with van der Waals surface area (Å²) in [7, 11) is 0. The van der Waals surface area contributed by atoms with Crippen LogP contribution in [0.4, 0.5) is 17.1 Å². The van der Waals surface area contributed by atoms with Crippen molar-refractivity contribution in [2.75, 3.05) is 23.8 Å². The number of benzene rings is 2. The van der Waals surface area contributed by atoms with E-state index < -0.39 is 0 Å². The van der Waals surface area contributed by atoms with Gasteiger partial charge in [0, 0.05) is 23.0 Å². The van der Waals surface area contributed by atoms with E-state index in [9.17, 15) is 9.59 Å². The molecule has 4 rings (SSSR count). The van der Waals surface area contributed by atoms with E-state index in [1.165, 1.54) is 6.92 Å². The van der Waals surface area contributed by atoms with E-state index in [-0.39, 0.29) is 17.4 Å². The number of fused-ring (bicyclic) bond motifs is 1. The maximum Gasteiger partial charge on any atom is 0.274 e. The Morgan fingerprint density at radius 1 is 0.862 bits per heavy atom. The number of carbonyl (C=O) groups is 2. The van der Waals surface area contributed by atoms with Crippen LogP contribution in [-0.2, 0) is 0 Å². The quantitative estimate of drug-likeness (QED) is 0.640. The number of anilines is 3. The zero-order valence-electron chi connectivity index (χ0n) is 15.8. The number of hydrogen-bond acceptors (Lipinski definition) is 6. The summed E-state index contributed by atoms with van der Waals surface area (Å²) >= 11 is 0. The minimum absolute atomic E-state index is 0.0200. The lowest BCUT2D eigenvalue weighted by atomic mass is 10.1.